The summed E-state index contributed by atoms with van der Waals surface area (Å²) in [5, 5.41) is 0. The molecule has 0 aromatic carbocycles. The van der Waals surface area contributed by atoms with Gasteiger partial charge in [0, 0.05) is 13.7 Å². The molecule has 2 amide bonds. The van der Waals surface area contributed by atoms with Gasteiger partial charge in [0.25, 0.3) is 0 Å². The third-order valence-corrected chi connectivity index (χ3v) is 4.18. The summed E-state index contributed by atoms with van der Waals surface area (Å²) in [7, 11) is 1.63. The van der Waals surface area contributed by atoms with Gasteiger partial charge in [-0.3, -0.25) is 0 Å². The Bertz CT molecular complexity index is 349. The number of ether oxygens (including phenoxy) is 1. The van der Waals surface area contributed by atoms with Crippen LogP contribution in [0.15, 0.2) is 4.99 Å². The molecule has 0 aromatic heterocycles. The topological polar surface area (TPSA) is 67.9 Å². The average Bonchev–Trinajstić information content (AvgIpc) is 2.92. The van der Waals surface area contributed by atoms with Crippen molar-refractivity contribution in [2.75, 3.05) is 20.3 Å². The van der Waals surface area contributed by atoms with Gasteiger partial charge in [0.2, 0.25) is 0 Å². The lowest BCUT2D eigenvalue weighted by atomic mass is 9.82. The van der Waals surface area contributed by atoms with E-state index in [-0.39, 0.29) is 11.4 Å². The number of amides is 2. The van der Waals surface area contributed by atoms with E-state index in [4.69, 9.17) is 10.5 Å². The fraction of sp³-hybridized carbons (Fsp3) is 0.818. The molecule has 1 aliphatic heterocycles. The number of methoxy groups -OCH3 is 1. The molecule has 2 N–H and O–H groups in total. The van der Waals surface area contributed by atoms with E-state index >= 15 is 0 Å². The first-order chi connectivity index (χ1) is 7.45. The minimum Gasteiger partial charge on any atom is -0.385 e. The van der Waals surface area contributed by atoms with Crippen molar-refractivity contribution >= 4 is 11.9 Å². The highest BCUT2D eigenvalue weighted by Crippen LogP contribution is 2.57. The van der Waals surface area contributed by atoms with Crippen LogP contribution in [0, 0.1) is 5.41 Å². The van der Waals surface area contributed by atoms with Crippen LogP contribution in [0.1, 0.15) is 26.7 Å². The molecule has 0 spiro atoms. The van der Waals surface area contributed by atoms with E-state index in [1.165, 1.54) is 0 Å². The average molecular weight is 225 g/mol. The molecule has 2 rings (SSSR count). The lowest BCUT2D eigenvalue weighted by Gasteiger charge is -2.40. The molecule has 1 unspecified atom stereocenters. The van der Waals surface area contributed by atoms with E-state index in [9.17, 15) is 4.79 Å². The van der Waals surface area contributed by atoms with Crippen molar-refractivity contribution in [3.8, 4) is 0 Å². The number of hydrogen-bond acceptors (Lipinski definition) is 3. The zero-order valence-corrected chi connectivity index (χ0v) is 10.1. The van der Waals surface area contributed by atoms with Gasteiger partial charge in [0.1, 0.15) is 11.4 Å². The minimum absolute atomic E-state index is 0.0838. The molecule has 90 valence electrons. The van der Waals surface area contributed by atoms with Gasteiger partial charge in [0.15, 0.2) is 0 Å². The zero-order chi connectivity index (χ0) is 12.0. The molecule has 0 bridgehead atoms. The summed E-state index contributed by atoms with van der Waals surface area (Å²) < 4.78 is 5.03. The van der Waals surface area contributed by atoms with Gasteiger partial charge in [-0.1, -0.05) is 6.92 Å². The highest BCUT2D eigenvalue weighted by Gasteiger charge is 2.61. The molecule has 1 fully saturated rings. The van der Waals surface area contributed by atoms with E-state index in [2.05, 4.69) is 11.9 Å². The Morgan fingerprint density at radius 3 is 2.62 bits per heavy atom. The molecule has 5 heteroatoms. The largest absolute Gasteiger partial charge is 0.385 e. The Morgan fingerprint density at radius 1 is 1.50 bits per heavy atom. The van der Waals surface area contributed by atoms with Gasteiger partial charge in [-0.05, 0) is 25.2 Å². The minimum atomic E-state index is -0.428. The van der Waals surface area contributed by atoms with Crippen molar-refractivity contribution in [2.45, 2.75) is 32.2 Å². The van der Waals surface area contributed by atoms with Crippen LogP contribution in [0.5, 0.6) is 0 Å². The van der Waals surface area contributed by atoms with Crippen LogP contribution in [-0.4, -0.2) is 42.6 Å². The second-order valence-corrected chi connectivity index (χ2v) is 5.06. The molecule has 16 heavy (non-hydrogen) atoms. The predicted molar refractivity (Wildman–Crippen MR) is 61.3 cm³/mol. The Labute approximate surface area is 95.6 Å². The van der Waals surface area contributed by atoms with Crippen LogP contribution in [0.4, 0.5) is 4.79 Å². The van der Waals surface area contributed by atoms with Gasteiger partial charge in [-0.25, -0.2) is 4.79 Å². The second-order valence-electron chi connectivity index (χ2n) is 5.06. The Kier molecular flexibility index (Phi) is 2.45. The van der Waals surface area contributed by atoms with E-state index < -0.39 is 5.54 Å². The normalized spacial score (nSPS) is 31.8. The third kappa shape index (κ3) is 1.34. The van der Waals surface area contributed by atoms with E-state index in [0.29, 0.717) is 19.0 Å². The van der Waals surface area contributed by atoms with Crippen LogP contribution in [0.2, 0.25) is 0 Å². The summed E-state index contributed by atoms with van der Waals surface area (Å²) >= 11 is 0. The second kappa shape index (κ2) is 3.45. The first-order valence-electron chi connectivity index (χ1n) is 5.61. The highest BCUT2D eigenvalue weighted by atomic mass is 16.5. The number of carbonyl (C=O) groups is 1. The molecule has 0 radical (unpaired) electrons. The van der Waals surface area contributed by atoms with Crippen molar-refractivity contribution < 1.29 is 9.53 Å². The van der Waals surface area contributed by atoms with Crippen LogP contribution in [0.25, 0.3) is 0 Å². The maximum atomic E-state index is 11.8. The summed E-state index contributed by atoms with van der Waals surface area (Å²) in [4.78, 5) is 17.4. The van der Waals surface area contributed by atoms with Crippen LogP contribution >= 0.6 is 0 Å². The number of nitrogens with two attached hydrogens (primary N) is 1. The standard InChI is InChI=1S/C11H19N3O2/c1-10(4-5-10)11(2)8(12)13-9(15)14(11)6-7-16-3/h4-7H2,1-3H3,(H2,12,13,15). The third-order valence-electron chi connectivity index (χ3n) is 4.18. The van der Waals surface area contributed by atoms with Crippen molar-refractivity contribution in [3.63, 3.8) is 0 Å². The molecule has 1 heterocycles. The number of aliphatic imine (C=N–C) groups is 1. The number of carbonyl (C=O) groups excluding carboxylic acids is 1. The Hall–Kier alpha value is -1.10. The Balaban J connectivity index is 2.26. The Morgan fingerprint density at radius 2 is 2.12 bits per heavy atom. The molecule has 2 aliphatic rings. The van der Waals surface area contributed by atoms with Crippen molar-refractivity contribution in [3.05, 3.63) is 0 Å². The lowest BCUT2D eigenvalue weighted by Crippen LogP contribution is -2.58. The first kappa shape index (κ1) is 11.4. The van der Waals surface area contributed by atoms with Gasteiger partial charge >= 0.3 is 6.03 Å². The fourth-order valence-corrected chi connectivity index (χ4v) is 2.41. The molecule has 0 aromatic rings. The van der Waals surface area contributed by atoms with Crippen molar-refractivity contribution in [1.29, 1.82) is 0 Å². The van der Waals surface area contributed by atoms with Gasteiger partial charge in [0.05, 0.1) is 6.61 Å². The van der Waals surface area contributed by atoms with E-state index in [1.807, 2.05) is 6.92 Å². The van der Waals surface area contributed by atoms with Crippen LogP contribution in [-0.2, 0) is 4.74 Å². The molecule has 0 saturated heterocycles. The molecular formula is C11H19N3O2. The van der Waals surface area contributed by atoms with E-state index in [0.717, 1.165) is 12.8 Å². The summed E-state index contributed by atoms with van der Waals surface area (Å²) in [5.74, 6) is 0.452. The molecule has 1 atom stereocenters. The molecule has 1 aliphatic carbocycles. The van der Waals surface area contributed by atoms with Crippen molar-refractivity contribution in [2.24, 2.45) is 16.1 Å². The summed E-state index contributed by atoms with van der Waals surface area (Å²) in [6, 6.07) is -0.231. The van der Waals surface area contributed by atoms with Gasteiger partial charge in [-0.15, -0.1) is 0 Å². The summed E-state index contributed by atoms with van der Waals surface area (Å²) in [6.45, 7) is 5.24. The number of urea groups is 1. The quantitative estimate of drug-likeness (QED) is 0.775. The monoisotopic (exact) mass is 225 g/mol. The first-order valence-corrected chi connectivity index (χ1v) is 5.61. The maximum absolute atomic E-state index is 11.8. The predicted octanol–water partition coefficient (Wildman–Crippen LogP) is 0.984. The van der Waals surface area contributed by atoms with Crippen molar-refractivity contribution in [1.82, 2.24) is 4.90 Å². The van der Waals surface area contributed by atoms with Gasteiger partial charge in [-0.2, -0.15) is 4.99 Å². The molecule has 5 nitrogen and oxygen atoms in total. The lowest BCUT2D eigenvalue weighted by molar-refractivity contribution is 0.100. The molecular weight excluding hydrogens is 206 g/mol. The number of nitrogens with zero attached hydrogens (tertiary/aromatic N) is 2. The maximum Gasteiger partial charge on any atom is 0.346 e. The highest BCUT2D eigenvalue weighted by molar-refractivity contribution is 6.06. The van der Waals surface area contributed by atoms with Crippen LogP contribution in [0.3, 0.4) is 0 Å². The fourth-order valence-electron chi connectivity index (χ4n) is 2.41. The number of hydrogen-bond donors (Lipinski definition) is 1. The SMILES string of the molecule is COCCN1C(=O)N=C(N)C1(C)C1(C)CC1. The molecule has 1 saturated carbocycles. The summed E-state index contributed by atoms with van der Waals surface area (Å²) in [6.07, 6.45) is 2.19. The van der Waals surface area contributed by atoms with Gasteiger partial charge < -0.3 is 15.4 Å². The smallest absolute Gasteiger partial charge is 0.346 e. The number of rotatable bonds is 4. The summed E-state index contributed by atoms with van der Waals surface area (Å²) in [5.41, 5.74) is 5.59. The zero-order valence-electron chi connectivity index (χ0n) is 10.1. The van der Waals surface area contributed by atoms with Crippen LogP contribution < -0.4 is 5.73 Å². The van der Waals surface area contributed by atoms with E-state index in [1.54, 1.807) is 12.0 Å². The number of amidine groups is 1.